The minimum Gasteiger partial charge on any atom is -0.441 e. The summed E-state index contributed by atoms with van der Waals surface area (Å²) in [5.41, 5.74) is 0.831. The molecule has 4 heteroatoms. The predicted octanol–water partition coefficient (Wildman–Crippen LogP) is 3.00. The number of hydrogen-bond donors (Lipinski definition) is 0. The molecule has 0 amide bonds. The van der Waals surface area contributed by atoms with Crippen molar-refractivity contribution in [2.75, 3.05) is 6.26 Å². The van der Waals surface area contributed by atoms with Crippen LogP contribution in [0.1, 0.15) is 5.89 Å². The zero-order valence-electron chi connectivity index (χ0n) is 7.30. The molecule has 0 N–H and O–H groups in total. The number of hydrogen-bond acceptors (Lipinski definition) is 3. The fourth-order valence-electron chi connectivity index (χ4n) is 1.19. The summed E-state index contributed by atoms with van der Waals surface area (Å²) in [5, 5.41) is 0. The Labute approximate surface area is 79.1 Å². The molecule has 1 heterocycles. The molecule has 13 heavy (non-hydrogen) atoms. The Kier molecular flexibility index (Phi) is 2.00. The number of halogens is 1. The second kappa shape index (κ2) is 3.03. The van der Waals surface area contributed by atoms with E-state index in [-0.39, 0.29) is 5.82 Å². The van der Waals surface area contributed by atoms with Gasteiger partial charge in [0.05, 0.1) is 0 Å². The molecule has 0 fully saturated rings. The van der Waals surface area contributed by atoms with Crippen molar-refractivity contribution in [2.45, 2.75) is 11.8 Å². The van der Waals surface area contributed by atoms with E-state index in [0.29, 0.717) is 17.0 Å². The van der Waals surface area contributed by atoms with Crippen LogP contribution in [0.4, 0.5) is 4.39 Å². The average molecular weight is 197 g/mol. The molecular formula is C9H8FNOS. The number of fused-ring (bicyclic) bond motifs is 1. The highest BCUT2D eigenvalue weighted by molar-refractivity contribution is 7.98. The fourth-order valence-corrected chi connectivity index (χ4v) is 1.64. The first-order chi connectivity index (χ1) is 6.20. The Morgan fingerprint density at radius 3 is 2.92 bits per heavy atom. The Morgan fingerprint density at radius 1 is 1.46 bits per heavy atom. The van der Waals surface area contributed by atoms with E-state index in [1.807, 2.05) is 6.26 Å². The molecule has 0 atom stereocenters. The zero-order valence-corrected chi connectivity index (χ0v) is 8.11. The van der Waals surface area contributed by atoms with E-state index in [0.717, 1.165) is 4.90 Å². The lowest BCUT2D eigenvalue weighted by Crippen LogP contribution is -1.79. The van der Waals surface area contributed by atoms with Gasteiger partial charge in [-0.25, -0.2) is 9.37 Å². The van der Waals surface area contributed by atoms with Crippen LogP contribution in [0.15, 0.2) is 21.4 Å². The Balaban J connectivity index is 2.75. The van der Waals surface area contributed by atoms with E-state index < -0.39 is 0 Å². The van der Waals surface area contributed by atoms with Gasteiger partial charge in [0.15, 0.2) is 17.3 Å². The van der Waals surface area contributed by atoms with Gasteiger partial charge in [0.2, 0.25) is 0 Å². The van der Waals surface area contributed by atoms with Crippen LogP contribution in [0.25, 0.3) is 11.1 Å². The highest BCUT2D eigenvalue weighted by Gasteiger charge is 2.08. The molecule has 0 saturated carbocycles. The lowest BCUT2D eigenvalue weighted by molar-refractivity contribution is 0.560. The number of benzene rings is 1. The number of nitrogens with zero attached hydrogens (tertiary/aromatic N) is 1. The van der Waals surface area contributed by atoms with Gasteiger partial charge in [-0.05, 0) is 18.4 Å². The fraction of sp³-hybridized carbons (Fsp3) is 0.222. The monoisotopic (exact) mass is 197 g/mol. The van der Waals surface area contributed by atoms with Crippen molar-refractivity contribution in [1.29, 1.82) is 0 Å². The van der Waals surface area contributed by atoms with Gasteiger partial charge in [-0.1, -0.05) is 0 Å². The third kappa shape index (κ3) is 1.42. The van der Waals surface area contributed by atoms with Gasteiger partial charge >= 0.3 is 0 Å². The van der Waals surface area contributed by atoms with Gasteiger partial charge in [0, 0.05) is 11.8 Å². The maximum atomic E-state index is 13.3. The normalized spacial score (nSPS) is 11.0. The molecule has 0 spiro atoms. The van der Waals surface area contributed by atoms with Crippen LogP contribution in [0, 0.1) is 12.7 Å². The first-order valence-corrected chi connectivity index (χ1v) is 5.04. The summed E-state index contributed by atoms with van der Waals surface area (Å²) in [4.78, 5) is 4.79. The van der Waals surface area contributed by atoms with Crippen LogP contribution < -0.4 is 0 Å². The van der Waals surface area contributed by atoms with Gasteiger partial charge in [0.25, 0.3) is 0 Å². The van der Waals surface area contributed by atoms with Gasteiger partial charge in [-0.2, -0.15) is 0 Å². The van der Waals surface area contributed by atoms with Crippen molar-refractivity contribution in [3.05, 3.63) is 23.8 Å². The molecule has 0 unspecified atom stereocenters. The van der Waals surface area contributed by atoms with Gasteiger partial charge in [-0.3, -0.25) is 0 Å². The second-order valence-electron chi connectivity index (χ2n) is 2.69. The highest BCUT2D eigenvalue weighted by atomic mass is 32.2. The van der Waals surface area contributed by atoms with E-state index in [1.165, 1.54) is 17.8 Å². The Morgan fingerprint density at radius 2 is 2.23 bits per heavy atom. The number of aryl methyl sites for hydroxylation is 1. The van der Waals surface area contributed by atoms with Crippen LogP contribution in [-0.2, 0) is 0 Å². The summed E-state index contributed by atoms with van der Waals surface area (Å²) < 4.78 is 18.5. The zero-order chi connectivity index (χ0) is 9.42. The average Bonchev–Trinajstić information content (AvgIpc) is 2.46. The maximum Gasteiger partial charge on any atom is 0.192 e. The van der Waals surface area contributed by atoms with E-state index in [2.05, 4.69) is 4.98 Å². The first kappa shape index (κ1) is 8.56. The molecule has 1 aromatic carbocycles. The maximum absolute atomic E-state index is 13.3. The SMILES string of the molecule is CSc1cc(F)c2nc(C)oc2c1. The number of rotatable bonds is 1. The van der Waals surface area contributed by atoms with Crippen molar-refractivity contribution >= 4 is 22.9 Å². The Bertz CT molecular complexity index is 452. The van der Waals surface area contributed by atoms with Crippen molar-refractivity contribution in [3.63, 3.8) is 0 Å². The van der Waals surface area contributed by atoms with Gasteiger partial charge < -0.3 is 4.42 Å². The quantitative estimate of drug-likeness (QED) is 0.657. The molecule has 0 aliphatic carbocycles. The first-order valence-electron chi connectivity index (χ1n) is 3.81. The largest absolute Gasteiger partial charge is 0.441 e. The van der Waals surface area contributed by atoms with Crippen LogP contribution >= 0.6 is 11.8 Å². The standard InChI is InChI=1S/C9H8FNOS/c1-5-11-9-7(10)3-6(13-2)4-8(9)12-5/h3-4H,1-2H3. The third-order valence-electron chi connectivity index (χ3n) is 1.76. The molecule has 2 nitrogen and oxygen atoms in total. The number of thioether (sulfide) groups is 1. The van der Waals surface area contributed by atoms with E-state index in [4.69, 9.17) is 4.42 Å². The summed E-state index contributed by atoms with van der Waals surface area (Å²) >= 11 is 1.48. The van der Waals surface area contributed by atoms with Gasteiger partial charge in [-0.15, -0.1) is 11.8 Å². The van der Waals surface area contributed by atoms with Crippen LogP contribution in [0.3, 0.4) is 0 Å². The molecule has 0 radical (unpaired) electrons. The number of oxazole rings is 1. The van der Waals surface area contributed by atoms with Crippen molar-refractivity contribution in [3.8, 4) is 0 Å². The highest BCUT2D eigenvalue weighted by Crippen LogP contribution is 2.25. The van der Waals surface area contributed by atoms with Crippen LogP contribution in [0.5, 0.6) is 0 Å². The third-order valence-corrected chi connectivity index (χ3v) is 2.47. The lowest BCUT2D eigenvalue weighted by Gasteiger charge is -1.95. The summed E-state index contributed by atoms with van der Waals surface area (Å²) in [7, 11) is 0. The Hall–Kier alpha value is -1.03. The lowest BCUT2D eigenvalue weighted by atomic mass is 10.3. The summed E-state index contributed by atoms with van der Waals surface area (Å²) in [6, 6.07) is 3.26. The van der Waals surface area contributed by atoms with Gasteiger partial charge in [0.1, 0.15) is 5.52 Å². The molecule has 0 aliphatic heterocycles. The molecule has 68 valence electrons. The molecular weight excluding hydrogens is 189 g/mol. The smallest absolute Gasteiger partial charge is 0.192 e. The predicted molar refractivity (Wildman–Crippen MR) is 50.5 cm³/mol. The van der Waals surface area contributed by atoms with Crippen molar-refractivity contribution in [2.24, 2.45) is 0 Å². The topological polar surface area (TPSA) is 26.0 Å². The minimum absolute atomic E-state index is 0.315. The molecule has 1 aromatic heterocycles. The second-order valence-corrected chi connectivity index (χ2v) is 3.57. The van der Waals surface area contributed by atoms with E-state index in [9.17, 15) is 4.39 Å². The van der Waals surface area contributed by atoms with Crippen molar-refractivity contribution in [1.82, 2.24) is 4.98 Å². The summed E-state index contributed by atoms with van der Waals surface area (Å²) in [5.74, 6) is 0.172. The minimum atomic E-state index is -0.321. The van der Waals surface area contributed by atoms with Crippen LogP contribution in [0.2, 0.25) is 0 Å². The van der Waals surface area contributed by atoms with Crippen molar-refractivity contribution < 1.29 is 8.81 Å². The molecule has 2 rings (SSSR count). The molecule has 0 saturated heterocycles. The van der Waals surface area contributed by atoms with E-state index in [1.54, 1.807) is 13.0 Å². The van der Waals surface area contributed by atoms with Crippen LogP contribution in [-0.4, -0.2) is 11.2 Å². The summed E-state index contributed by atoms with van der Waals surface area (Å²) in [6.07, 6.45) is 1.89. The summed E-state index contributed by atoms with van der Waals surface area (Å²) in [6.45, 7) is 1.71. The molecule has 2 aromatic rings. The molecule has 0 aliphatic rings. The number of aromatic nitrogens is 1. The molecule has 0 bridgehead atoms. The van der Waals surface area contributed by atoms with E-state index >= 15 is 0 Å².